The third-order valence-corrected chi connectivity index (χ3v) is 6.27. The number of anilines is 1. The lowest BCUT2D eigenvalue weighted by Crippen LogP contribution is -2.32. The Morgan fingerprint density at radius 2 is 1.55 bits per heavy atom. The number of hydrogen-bond acceptors (Lipinski definition) is 5. The van der Waals surface area contributed by atoms with Gasteiger partial charge in [-0.25, -0.2) is 13.2 Å². The molecule has 29 heavy (non-hydrogen) atoms. The number of carbonyl (C=O) groups excluding carboxylic acids is 1. The van der Waals surface area contributed by atoms with E-state index in [1.807, 2.05) is 13.8 Å². The summed E-state index contributed by atoms with van der Waals surface area (Å²) in [7, 11) is -3.60. The molecule has 7 nitrogen and oxygen atoms in total. The van der Waals surface area contributed by atoms with E-state index in [4.69, 9.17) is 0 Å². The molecule has 0 aliphatic rings. The Morgan fingerprint density at radius 1 is 0.966 bits per heavy atom. The van der Waals surface area contributed by atoms with Gasteiger partial charge in [-0.1, -0.05) is 26.0 Å². The number of rotatable bonds is 11. The second kappa shape index (κ2) is 10.2. The van der Waals surface area contributed by atoms with E-state index >= 15 is 0 Å². The molecule has 0 heterocycles. The number of para-hydroxylation sites is 1. The molecule has 8 heteroatoms. The van der Waals surface area contributed by atoms with E-state index in [9.17, 15) is 23.1 Å². The van der Waals surface area contributed by atoms with Crippen LogP contribution in [0.4, 0.5) is 5.69 Å². The summed E-state index contributed by atoms with van der Waals surface area (Å²) in [6.07, 6.45) is 1.44. The number of aromatic carboxylic acids is 1. The monoisotopic (exact) mass is 418 g/mol. The molecule has 2 N–H and O–H groups in total. The van der Waals surface area contributed by atoms with Gasteiger partial charge < -0.3 is 10.4 Å². The lowest BCUT2D eigenvalue weighted by atomic mass is 10.1. The van der Waals surface area contributed by atoms with Crippen LogP contribution in [0.2, 0.25) is 0 Å². The van der Waals surface area contributed by atoms with Crippen molar-refractivity contribution in [1.29, 1.82) is 0 Å². The van der Waals surface area contributed by atoms with Crippen molar-refractivity contribution in [2.24, 2.45) is 0 Å². The van der Waals surface area contributed by atoms with Gasteiger partial charge in [0.2, 0.25) is 10.0 Å². The third kappa shape index (κ3) is 5.65. The molecule has 156 valence electrons. The lowest BCUT2D eigenvalue weighted by Gasteiger charge is -2.21. The maximum atomic E-state index is 12.8. The average molecular weight is 419 g/mol. The van der Waals surface area contributed by atoms with Gasteiger partial charge in [-0.2, -0.15) is 4.31 Å². The largest absolute Gasteiger partial charge is 0.478 e. The van der Waals surface area contributed by atoms with Gasteiger partial charge in [-0.3, -0.25) is 4.79 Å². The van der Waals surface area contributed by atoms with Crippen molar-refractivity contribution in [1.82, 2.24) is 4.31 Å². The zero-order valence-electron chi connectivity index (χ0n) is 16.6. The number of carboxylic acid groups (broad SMARTS) is 1. The first-order valence-electron chi connectivity index (χ1n) is 9.50. The third-order valence-electron chi connectivity index (χ3n) is 4.36. The summed E-state index contributed by atoms with van der Waals surface area (Å²) in [5, 5.41) is 12.0. The van der Waals surface area contributed by atoms with Crippen LogP contribution < -0.4 is 5.32 Å². The van der Waals surface area contributed by atoms with E-state index in [0.717, 1.165) is 12.8 Å². The van der Waals surface area contributed by atoms with Gasteiger partial charge in [0.05, 0.1) is 17.0 Å². The number of carbonyl (C=O) groups is 2. The normalized spacial score (nSPS) is 11.4. The van der Waals surface area contributed by atoms with Crippen LogP contribution in [-0.2, 0) is 10.0 Å². The number of Topliss-reactive ketones (excluding diaryl/α,β-unsaturated/α-hetero) is 1. The first-order chi connectivity index (χ1) is 13.8. The van der Waals surface area contributed by atoms with E-state index in [2.05, 4.69) is 5.32 Å². The number of carboxylic acids is 1. The SMILES string of the molecule is CCCN(CCC)S(=O)(=O)c1ccc(C(=O)CNc2ccccc2C(=O)O)cc1. The Kier molecular flexibility index (Phi) is 7.92. The molecule has 0 aliphatic heterocycles. The summed E-state index contributed by atoms with van der Waals surface area (Å²) < 4.78 is 27.0. The summed E-state index contributed by atoms with van der Waals surface area (Å²) in [4.78, 5) is 23.8. The maximum Gasteiger partial charge on any atom is 0.337 e. The van der Waals surface area contributed by atoms with Crippen molar-refractivity contribution in [3.8, 4) is 0 Å². The zero-order chi connectivity index (χ0) is 21.4. The quantitative estimate of drug-likeness (QED) is 0.542. The molecule has 0 unspecified atom stereocenters. The molecule has 0 saturated heterocycles. The molecule has 2 aromatic rings. The second-order valence-electron chi connectivity index (χ2n) is 6.56. The van der Waals surface area contributed by atoms with Crippen LogP contribution in [0.3, 0.4) is 0 Å². The van der Waals surface area contributed by atoms with Crippen molar-refractivity contribution in [2.45, 2.75) is 31.6 Å². The molecule has 0 atom stereocenters. The summed E-state index contributed by atoms with van der Waals surface area (Å²) in [5.74, 6) is -1.35. The molecule has 2 aromatic carbocycles. The highest BCUT2D eigenvalue weighted by Gasteiger charge is 2.23. The van der Waals surface area contributed by atoms with E-state index < -0.39 is 16.0 Å². The molecule has 0 fully saturated rings. The smallest absolute Gasteiger partial charge is 0.337 e. The first kappa shape index (κ1) is 22.6. The van der Waals surface area contributed by atoms with Gasteiger partial charge in [0.1, 0.15) is 0 Å². The number of nitrogens with one attached hydrogen (secondary N) is 1. The van der Waals surface area contributed by atoms with Crippen LogP contribution in [-0.4, -0.2) is 49.2 Å². The molecule has 0 radical (unpaired) electrons. The summed E-state index contributed by atoms with van der Waals surface area (Å²) in [6.45, 7) is 4.65. The van der Waals surface area contributed by atoms with Crippen LogP contribution in [0, 0.1) is 0 Å². The van der Waals surface area contributed by atoms with Crippen LogP contribution in [0.15, 0.2) is 53.4 Å². The fourth-order valence-corrected chi connectivity index (χ4v) is 4.54. The predicted octanol–water partition coefficient (Wildman–Crippen LogP) is 3.49. The van der Waals surface area contributed by atoms with Gasteiger partial charge in [-0.05, 0) is 49.2 Å². The predicted molar refractivity (Wildman–Crippen MR) is 112 cm³/mol. The maximum absolute atomic E-state index is 12.8. The Labute approximate surface area is 171 Å². The van der Waals surface area contributed by atoms with Gasteiger partial charge in [0.15, 0.2) is 5.78 Å². The molecular formula is C21H26N2O5S. The molecule has 0 spiro atoms. The Balaban J connectivity index is 2.12. The molecule has 0 amide bonds. The van der Waals surface area contributed by atoms with Crippen molar-refractivity contribution < 1.29 is 23.1 Å². The average Bonchev–Trinajstić information content (AvgIpc) is 2.72. The van der Waals surface area contributed by atoms with Crippen molar-refractivity contribution in [3.63, 3.8) is 0 Å². The molecule has 0 aromatic heterocycles. The van der Waals surface area contributed by atoms with Crippen LogP contribution in [0.5, 0.6) is 0 Å². The minimum Gasteiger partial charge on any atom is -0.478 e. The van der Waals surface area contributed by atoms with Crippen LogP contribution >= 0.6 is 0 Å². The summed E-state index contributed by atoms with van der Waals surface area (Å²) in [6, 6.07) is 12.2. The van der Waals surface area contributed by atoms with Gasteiger partial charge in [-0.15, -0.1) is 0 Å². The number of ketones is 1. The summed E-state index contributed by atoms with van der Waals surface area (Å²) >= 11 is 0. The first-order valence-corrected chi connectivity index (χ1v) is 10.9. The van der Waals surface area contributed by atoms with E-state index in [-0.39, 0.29) is 22.8 Å². The highest BCUT2D eigenvalue weighted by atomic mass is 32.2. The highest BCUT2D eigenvalue weighted by molar-refractivity contribution is 7.89. The van der Waals surface area contributed by atoms with Crippen LogP contribution in [0.25, 0.3) is 0 Å². The van der Waals surface area contributed by atoms with E-state index in [1.54, 1.807) is 18.2 Å². The van der Waals surface area contributed by atoms with Crippen LogP contribution in [0.1, 0.15) is 47.4 Å². The molecule has 0 saturated carbocycles. The number of nitrogens with zero attached hydrogens (tertiary/aromatic N) is 1. The lowest BCUT2D eigenvalue weighted by molar-refractivity contribution is 0.0697. The number of hydrogen-bond donors (Lipinski definition) is 2. The second-order valence-corrected chi connectivity index (χ2v) is 8.49. The summed E-state index contributed by atoms with van der Waals surface area (Å²) in [5.41, 5.74) is 0.776. The van der Waals surface area contributed by atoms with Crippen molar-refractivity contribution in [3.05, 3.63) is 59.7 Å². The topological polar surface area (TPSA) is 104 Å². The number of sulfonamides is 1. The van der Waals surface area contributed by atoms with Crippen molar-refractivity contribution in [2.75, 3.05) is 25.0 Å². The van der Waals surface area contributed by atoms with Crippen molar-refractivity contribution >= 4 is 27.5 Å². The van der Waals surface area contributed by atoms with Gasteiger partial charge in [0.25, 0.3) is 0 Å². The fourth-order valence-electron chi connectivity index (χ4n) is 2.91. The number of benzene rings is 2. The molecule has 2 rings (SSSR count). The Morgan fingerprint density at radius 3 is 2.10 bits per heavy atom. The highest BCUT2D eigenvalue weighted by Crippen LogP contribution is 2.18. The standard InChI is InChI=1S/C21H26N2O5S/c1-3-13-23(14-4-2)29(27,28)17-11-9-16(10-12-17)20(24)15-22-19-8-6-5-7-18(19)21(25)26/h5-12,22H,3-4,13-15H2,1-2H3,(H,25,26). The molecule has 0 bridgehead atoms. The fraction of sp³-hybridized carbons (Fsp3) is 0.333. The minimum absolute atomic E-state index is 0.0775. The van der Waals surface area contributed by atoms with E-state index in [0.29, 0.717) is 24.3 Å². The molecule has 0 aliphatic carbocycles. The van der Waals surface area contributed by atoms with Gasteiger partial charge >= 0.3 is 5.97 Å². The minimum atomic E-state index is -3.60. The molecular weight excluding hydrogens is 392 g/mol. The Bertz CT molecular complexity index is 949. The van der Waals surface area contributed by atoms with E-state index in [1.165, 1.54) is 34.6 Å². The van der Waals surface area contributed by atoms with Gasteiger partial charge in [0, 0.05) is 24.3 Å². The Hall–Kier alpha value is -2.71. The zero-order valence-corrected chi connectivity index (χ0v) is 17.4.